The zero-order valence-electron chi connectivity index (χ0n) is 65.7. The molecule has 20 nitrogen and oxygen atoms in total. The molecule has 0 bridgehead atoms. The number of aromatic nitrogens is 8. The van der Waals surface area contributed by atoms with Crippen LogP contribution in [0.25, 0.3) is 0 Å². The standard InChI is InChI=1S/4C21H25F3N4O/c2*1-2-27-10-9-18-16(13-27)19(26-25-18)20(29)28-11-7-14(8-12-28)15-5-3-4-6-17(15)21(22,23)24;2*1-2-27-10-9-16-18(13-27)25-26-19(16)20(29)28-11-7-14(8-12-28)15-5-3-4-6-17(15)21(22,23)24/h4*3-6,14H,2,7-13H2,1H3,(H,25,26). The number of aromatic amines is 4. The van der Waals surface area contributed by atoms with Gasteiger partial charge in [0.05, 0.1) is 33.6 Å². The summed E-state index contributed by atoms with van der Waals surface area (Å²) in [7, 11) is 0. The second kappa shape index (κ2) is 36.2. The van der Waals surface area contributed by atoms with Crippen LogP contribution in [0.3, 0.4) is 0 Å². The number of rotatable bonds is 12. The minimum Gasteiger partial charge on any atom is -0.337 e. The number of nitrogens with one attached hydrogen (secondary N) is 4. The molecule has 4 N–H and O–H groups in total. The predicted molar refractivity (Wildman–Crippen MR) is 410 cm³/mol. The quantitative estimate of drug-likeness (QED) is 0.0843. The van der Waals surface area contributed by atoms with Crippen LogP contribution in [-0.4, -0.2) is 208 Å². The molecule has 0 saturated carbocycles. The molecular formula is C84H100F12N16O4. The Hall–Kier alpha value is -9.40. The molecule has 8 aliphatic heterocycles. The van der Waals surface area contributed by atoms with E-state index in [-0.39, 0.29) is 47.3 Å². The van der Waals surface area contributed by atoms with Gasteiger partial charge in [0, 0.05) is 151 Å². The van der Waals surface area contributed by atoms with Crippen molar-refractivity contribution in [1.29, 1.82) is 0 Å². The molecule has 0 spiro atoms. The van der Waals surface area contributed by atoms with E-state index in [9.17, 15) is 71.9 Å². The molecule has 8 aliphatic rings. The van der Waals surface area contributed by atoms with Gasteiger partial charge in [-0.3, -0.25) is 59.2 Å². The maximum Gasteiger partial charge on any atom is 0.416 e. The van der Waals surface area contributed by atoms with Crippen LogP contribution in [-0.2, 0) is 76.6 Å². The van der Waals surface area contributed by atoms with Crippen LogP contribution in [0.15, 0.2) is 97.1 Å². The molecule has 4 amide bonds. The lowest BCUT2D eigenvalue weighted by Gasteiger charge is -2.33. The number of likely N-dealkylation sites (N-methyl/N-ethyl adjacent to an activating group) is 4. The van der Waals surface area contributed by atoms with Crippen molar-refractivity contribution < 1.29 is 71.9 Å². The monoisotopic (exact) mass is 1620 g/mol. The topological polar surface area (TPSA) is 209 Å². The summed E-state index contributed by atoms with van der Waals surface area (Å²) in [6.07, 6.45) is -9.99. The highest BCUT2D eigenvalue weighted by molar-refractivity contribution is 5.96. The Morgan fingerprint density at radius 3 is 0.759 bits per heavy atom. The van der Waals surface area contributed by atoms with Crippen LogP contribution in [0, 0.1) is 0 Å². The molecule has 16 rings (SSSR count). The van der Waals surface area contributed by atoms with Gasteiger partial charge in [0.15, 0.2) is 22.8 Å². The molecule has 32 heteroatoms. The summed E-state index contributed by atoms with van der Waals surface area (Å²) in [6.45, 7) is 22.3. The molecule has 4 saturated heterocycles. The molecule has 8 aromatic rings. The van der Waals surface area contributed by atoms with Gasteiger partial charge in [0.2, 0.25) is 0 Å². The Labute approximate surface area is 666 Å². The molecule has 0 aliphatic carbocycles. The highest BCUT2D eigenvalue weighted by Gasteiger charge is 2.43. The molecule has 116 heavy (non-hydrogen) atoms. The zero-order chi connectivity index (χ0) is 82.4. The number of alkyl halides is 12. The first-order chi connectivity index (χ1) is 55.5. The number of nitrogens with zero attached hydrogens (tertiary/aromatic N) is 12. The summed E-state index contributed by atoms with van der Waals surface area (Å²) in [5.41, 5.74) is 8.92. The van der Waals surface area contributed by atoms with Crippen molar-refractivity contribution in [3.8, 4) is 0 Å². The SMILES string of the molecule is CCN1CCc2[nH]nc(C(=O)N3CCC(c4ccccc4C(F)(F)F)CC3)c2C1.CCN1CCc2[nH]nc(C(=O)N3CCC(c4ccccc4C(F)(F)F)CC3)c2C1.CCN1CCc2c(C(=O)N3CCC(c4ccccc4C(F)(F)F)CC3)n[nH]c2C1.CCN1CCc2c(C(=O)N3CCC(c4ccccc4C(F)(F)F)CC3)n[nH]c2C1. The largest absolute Gasteiger partial charge is 0.416 e. The van der Waals surface area contributed by atoms with Gasteiger partial charge in [-0.25, -0.2) is 0 Å². The number of benzene rings is 4. The second-order valence-corrected chi connectivity index (χ2v) is 31.2. The fourth-order valence-corrected chi connectivity index (χ4v) is 17.9. The summed E-state index contributed by atoms with van der Waals surface area (Å²) in [4.78, 5) is 68.1. The average Bonchev–Trinajstić information content (AvgIpc) is 1.77. The van der Waals surface area contributed by atoms with E-state index in [1.54, 1.807) is 68.1 Å². The van der Waals surface area contributed by atoms with E-state index in [1.807, 2.05) is 0 Å². The van der Waals surface area contributed by atoms with E-state index in [4.69, 9.17) is 0 Å². The minimum absolute atomic E-state index is 0.116. The summed E-state index contributed by atoms with van der Waals surface area (Å²) in [5.74, 6) is -1.25. The molecule has 4 fully saturated rings. The second-order valence-electron chi connectivity index (χ2n) is 31.2. The molecule has 4 aromatic carbocycles. The Morgan fingerprint density at radius 2 is 0.517 bits per heavy atom. The van der Waals surface area contributed by atoms with E-state index in [2.05, 4.69) is 88.1 Å². The normalized spacial score (nSPS) is 18.7. The first kappa shape index (κ1) is 84.5. The molecule has 12 heterocycles. The molecular weight excluding hydrogens is 1530 g/mol. The van der Waals surface area contributed by atoms with E-state index in [1.165, 1.54) is 24.3 Å². The van der Waals surface area contributed by atoms with Crippen LogP contribution in [0.5, 0.6) is 0 Å². The van der Waals surface area contributed by atoms with Gasteiger partial charge in [0.1, 0.15) is 0 Å². The highest BCUT2D eigenvalue weighted by Crippen LogP contribution is 2.44. The van der Waals surface area contributed by atoms with Gasteiger partial charge in [-0.2, -0.15) is 73.1 Å². The summed E-state index contributed by atoms with van der Waals surface area (Å²) in [5, 5.41) is 29.1. The van der Waals surface area contributed by atoms with E-state index in [0.717, 1.165) is 160 Å². The number of carbonyl (C=O) groups is 4. The molecule has 0 unspecified atom stereocenters. The third-order valence-electron chi connectivity index (χ3n) is 24.6. The van der Waals surface area contributed by atoms with Crippen molar-refractivity contribution in [3.05, 3.63) is 209 Å². The van der Waals surface area contributed by atoms with Crippen molar-refractivity contribution in [3.63, 3.8) is 0 Å². The van der Waals surface area contributed by atoms with Crippen molar-refractivity contribution in [2.75, 3.05) is 105 Å². The fraction of sp³-hybridized carbons (Fsp3) is 0.524. The lowest BCUT2D eigenvalue weighted by atomic mass is 9.86. The van der Waals surface area contributed by atoms with Gasteiger partial charge in [0.25, 0.3) is 23.6 Å². The van der Waals surface area contributed by atoms with Gasteiger partial charge in [-0.05, 0) is 161 Å². The van der Waals surface area contributed by atoms with E-state index in [0.29, 0.717) is 162 Å². The molecule has 4 aromatic heterocycles. The third-order valence-corrected chi connectivity index (χ3v) is 24.6. The van der Waals surface area contributed by atoms with E-state index >= 15 is 0 Å². The number of amides is 4. The number of hydrogen-bond donors (Lipinski definition) is 4. The first-order valence-electron chi connectivity index (χ1n) is 40.5. The van der Waals surface area contributed by atoms with E-state index < -0.39 is 47.0 Å². The van der Waals surface area contributed by atoms with Crippen LogP contribution in [0.1, 0.15) is 234 Å². The van der Waals surface area contributed by atoms with Crippen LogP contribution < -0.4 is 0 Å². The Bertz CT molecular complexity index is 4410. The maximum absolute atomic E-state index is 13.3. The predicted octanol–water partition coefficient (Wildman–Crippen LogP) is 15.3. The summed E-state index contributed by atoms with van der Waals surface area (Å²) < 4.78 is 160. The van der Waals surface area contributed by atoms with Gasteiger partial charge < -0.3 is 19.6 Å². The highest BCUT2D eigenvalue weighted by atomic mass is 19.4. The number of halogens is 12. The number of likely N-dealkylation sites (tertiary alicyclic amines) is 4. The number of fused-ring (bicyclic) bond motifs is 4. The Kier molecular flexibility index (Phi) is 26.4. The zero-order valence-corrected chi connectivity index (χ0v) is 65.7. The van der Waals surface area contributed by atoms with Crippen LogP contribution in [0.4, 0.5) is 52.7 Å². The van der Waals surface area contributed by atoms with Crippen molar-refractivity contribution in [2.24, 2.45) is 0 Å². The van der Waals surface area contributed by atoms with Gasteiger partial charge in [-0.15, -0.1) is 0 Å². The average molecular weight is 1630 g/mol. The maximum atomic E-state index is 13.3. The van der Waals surface area contributed by atoms with Crippen molar-refractivity contribution >= 4 is 23.6 Å². The number of H-pyrrole nitrogens is 4. The first-order valence-corrected chi connectivity index (χ1v) is 40.5. The van der Waals surface area contributed by atoms with Crippen molar-refractivity contribution in [2.45, 2.75) is 179 Å². The smallest absolute Gasteiger partial charge is 0.337 e. The lowest BCUT2D eigenvalue weighted by Crippen LogP contribution is -2.39. The fourth-order valence-electron chi connectivity index (χ4n) is 17.9. The number of hydrogen-bond acceptors (Lipinski definition) is 12. The minimum atomic E-state index is -4.36. The number of carbonyl (C=O) groups excluding carboxylic acids is 4. The van der Waals surface area contributed by atoms with Crippen LogP contribution >= 0.6 is 0 Å². The number of piperidine rings is 4. The van der Waals surface area contributed by atoms with Crippen LogP contribution in [0.2, 0.25) is 0 Å². The molecule has 0 radical (unpaired) electrons. The Morgan fingerprint density at radius 1 is 0.302 bits per heavy atom. The molecule has 0 atom stereocenters. The lowest BCUT2D eigenvalue weighted by molar-refractivity contribution is -0.139. The van der Waals surface area contributed by atoms with Crippen molar-refractivity contribution in [1.82, 2.24) is 80.0 Å². The third kappa shape index (κ3) is 19.1. The molecule has 624 valence electrons. The summed E-state index contributed by atoms with van der Waals surface area (Å²) >= 11 is 0. The van der Waals surface area contributed by atoms with Gasteiger partial charge in [-0.1, -0.05) is 100 Å². The summed E-state index contributed by atoms with van der Waals surface area (Å²) in [6, 6.07) is 23.1. The Balaban J connectivity index is 0.000000135. The van der Waals surface area contributed by atoms with Gasteiger partial charge >= 0.3 is 24.7 Å².